The van der Waals surface area contributed by atoms with Crippen molar-refractivity contribution in [3.05, 3.63) is 23.7 Å². The summed E-state index contributed by atoms with van der Waals surface area (Å²) < 4.78 is 32.8. The Balaban J connectivity index is 1.58. The lowest BCUT2D eigenvalue weighted by Gasteiger charge is -2.35. The molecule has 0 bridgehead atoms. The highest BCUT2D eigenvalue weighted by molar-refractivity contribution is 5.73. The number of nitrogens with zero attached hydrogens (tertiary/aromatic N) is 3. The van der Waals surface area contributed by atoms with Crippen molar-refractivity contribution in [3.63, 3.8) is 0 Å². The third kappa shape index (κ3) is 4.09. The van der Waals surface area contributed by atoms with Gasteiger partial charge in [-0.25, -0.2) is 9.18 Å². The van der Waals surface area contributed by atoms with Crippen molar-refractivity contribution in [1.82, 2.24) is 20.2 Å². The molecule has 0 spiro atoms. The van der Waals surface area contributed by atoms with E-state index in [2.05, 4.69) is 5.32 Å². The average Bonchev–Trinajstić information content (AvgIpc) is 2.95. The van der Waals surface area contributed by atoms with Gasteiger partial charge in [0.15, 0.2) is 0 Å². The number of cyclic esters (lactones) is 1. The summed E-state index contributed by atoms with van der Waals surface area (Å²) in [6.45, 7) is 3.29. The van der Waals surface area contributed by atoms with E-state index in [1.807, 2.05) is 4.90 Å². The lowest BCUT2D eigenvalue weighted by Crippen LogP contribution is -2.43. The quantitative estimate of drug-likeness (QED) is 0.760. The van der Waals surface area contributed by atoms with Crippen molar-refractivity contribution in [2.45, 2.75) is 25.5 Å². The summed E-state index contributed by atoms with van der Waals surface area (Å²) in [5.74, 6) is -0.503. The minimum atomic E-state index is -0.507. The van der Waals surface area contributed by atoms with Crippen LogP contribution in [0.4, 0.5) is 13.7 Å². The summed E-state index contributed by atoms with van der Waals surface area (Å²) in [7, 11) is 0. The number of rotatable bonds is 4. The first kappa shape index (κ1) is 17.7. The Morgan fingerprint density at radius 1 is 1.36 bits per heavy atom. The Labute approximate surface area is 144 Å². The topological polar surface area (TPSA) is 65.1 Å². The van der Waals surface area contributed by atoms with E-state index in [9.17, 15) is 18.5 Å². The molecule has 3 rings (SSSR count). The van der Waals surface area contributed by atoms with Crippen molar-refractivity contribution in [2.75, 3.05) is 39.3 Å². The van der Waals surface area contributed by atoms with E-state index in [4.69, 9.17) is 4.74 Å². The number of amides is 2. The molecule has 2 fully saturated rings. The molecule has 0 aromatic heterocycles. The summed E-state index contributed by atoms with van der Waals surface area (Å²) in [4.78, 5) is 26.3. The zero-order valence-electron chi connectivity index (χ0n) is 14.1. The van der Waals surface area contributed by atoms with Crippen LogP contribution in [0.5, 0.6) is 0 Å². The number of hydrogen-bond acceptors (Lipinski definition) is 5. The first-order chi connectivity index (χ1) is 11.9. The summed E-state index contributed by atoms with van der Waals surface area (Å²) >= 11 is 0. The van der Waals surface area contributed by atoms with E-state index in [1.165, 1.54) is 11.8 Å². The predicted molar refractivity (Wildman–Crippen MR) is 85.6 cm³/mol. The van der Waals surface area contributed by atoms with Gasteiger partial charge in [0, 0.05) is 39.5 Å². The minimum Gasteiger partial charge on any atom is -0.442 e. The fraction of sp³-hybridized carbons (Fsp3) is 0.625. The number of nitrogens with one attached hydrogen (secondary N) is 1. The van der Waals surface area contributed by atoms with Crippen LogP contribution >= 0.6 is 0 Å². The Morgan fingerprint density at radius 2 is 2.08 bits per heavy atom. The molecule has 0 aromatic carbocycles. The second kappa shape index (κ2) is 7.38. The van der Waals surface area contributed by atoms with Crippen LogP contribution in [-0.2, 0) is 9.53 Å². The van der Waals surface area contributed by atoms with Gasteiger partial charge in [-0.2, -0.15) is 0 Å². The third-order valence-electron chi connectivity index (χ3n) is 4.59. The fourth-order valence-electron chi connectivity index (χ4n) is 3.24. The van der Waals surface area contributed by atoms with E-state index < -0.39 is 18.2 Å². The molecule has 0 aromatic rings. The molecule has 2 atom stereocenters. The molecule has 138 valence electrons. The molecule has 9 heteroatoms. The van der Waals surface area contributed by atoms with Crippen molar-refractivity contribution in [1.29, 1.82) is 0 Å². The van der Waals surface area contributed by atoms with Crippen LogP contribution in [0.2, 0.25) is 0 Å². The molecule has 2 aliphatic heterocycles. The van der Waals surface area contributed by atoms with E-state index >= 15 is 0 Å². The number of ether oxygens (including phenoxy) is 1. The third-order valence-corrected chi connectivity index (χ3v) is 4.59. The molecule has 25 heavy (non-hydrogen) atoms. The smallest absolute Gasteiger partial charge is 0.410 e. The summed E-state index contributed by atoms with van der Waals surface area (Å²) in [5, 5.41) is 3.33. The first-order valence-corrected chi connectivity index (χ1v) is 8.38. The molecule has 7 nitrogen and oxygen atoms in total. The number of carbonyl (C=O) groups is 2. The zero-order valence-corrected chi connectivity index (χ0v) is 14.1. The van der Waals surface area contributed by atoms with Crippen LogP contribution < -0.4 is 5.32 Å². The SMILES string of the molecule is CC(=O)NC[C@H]1CN(C2C=CC(N3CCN(F)CC3)=C(F)C2)C(=O)O1. The summed E-state index contributed by atoms with van der Waals surface area (Å²) in [6.07, 6.45) is 2.57. The molecular formula is C16H22F2N4O3. The van der Waals surface area contributed by atoms with Gasteiger partial charge in [0.1, 0.15) is 11.9 Å². The molecule has 2 amide bonds. The lowest BCUT2D eigenvalue weighted by molar-refractivity contribution is -0.119. The van der Waals surface area contributed by atoms with E-state index in [-0.39, 0.29) is 37.8 Å². The largest absolute Gasteiger partial charge is 0.442 e. The Morgan fingerprint density at radius 3 is 2.72 bits per heavy atom. The molecule has 2 saturated heterocycles. The van der Waals surface area contributed by atoms with E-state index in [1.54, 1.807) is 12.2 Å². The monoisotopic (exact) mass is 356 g/mol. The lowest BCUT2D eigenvalue weighted by atomic mass is 10.0. The Bertz CT molecular complexity index is 602. The average molecular weight is 356 g/mol. The van der Waals surface area contributed by atoms with Gasteiger partial charge in [0.2, 0.25) is 5.91 Å². The highest BCUT2D eigenvalue weighted by Crippen LogP contribution is 2.29. The van der Waals surface area contributed by atoms with Crippen LogP contribution in [-0.4, -0.2) is 78.3 Å². The van der Waals surface area contributed by atoms with E-state index in [0.717, 1.165) is 5.12 Å². The van der Waals surface area contributed by atoms with Crippen molar-refractivity contribution >= 4 is 12.0 Å². The second-order valence-electron chi connectivity index (χ2n) is 6.41. The maximum absolute atomic E-state index is 14.6. The van der Waals surface area contributed by atoms with Gasteiger partial charge < -0.3 is 15.0 Å². The van der Waals surface area contributed by atoms with Gasteiger partial charge >= 0.3 is 6.09 Å². The van der Waals surface area contributed by atoms with Gasteiger partial charge in [-0.15, -0.1) is 9.60 Å². The number of piperazine rings is 1. The molecule has 0 saturated carbocycles. The van der Waals surface area contributed by atoms with Crippen molar-refractivity contribution < 1.29 is 23.2 Å². The van der Waals surface area contributed by atoms with Gasteiger partial charge in [0.05, 0.1) is 24.8 Å². The minimum absolute atomic E-state index is 0.0730. The van der Waals surface area contributed by atoms with Crippen molar-refractivity contribution in [2.24, 2.45) is 0 Å². The molecule has 2 heterocycles. The molecule has 1 aliphatic carbocycles. The molecule has 3 aliphatic rings. The number of carbonyl (C=O) groups excluding carboxylic acids is 2. The van der Waals surface area contributed by atoms with Crippen LogP contribution in [0.1, 0.15) is 13.3 Å². The summed E-state index contributed by atoms with van der Waals surface area (Å²) in [5.41, 5.74) is 0.465. The van der Waals surface area contributed by atoms with Crippen molar-refractivity contribution in [3.8, 4) is 0 Å². The first-order valence-electron chi connectivity index (χ1n) is 8.38. The number of halogens is 2. The van der Waals surface area contributed by atoms with Gasteiger partial charge in [-0.05, 0) is 6.08 Å². The molecule has 1 N–H and O–H groups in total. The second-order valence-corrected chi connectivity index (χ2v) is 6.41. The maximum Gasteiger partial charge on any atom is 0.410 e. The Hall–Kier alpha value is -2.16. The van der Waals surface area contributed by atoms with Crippen LogP contribution in [0.15, 0.2) is 23.7 Å². The maximum atomic E-state index is 14.6. The van der Waals surface area contributed by atoms with E-state index in [0.29, 0.717) is 25.3 Å². The summed E-state index contributed by atoms with van der Waals surface area (Å²) in [6, 6.07) is -0.416. The zero-order chi connectivity index (χ0) is 18.0. The van der Waals surface area contributed by atoms with Crippen LogP contribution in [0.25, 0.3) is 0 Å². The van der Waals surface area contributed by atoms with Crippen LogP contribution in [0.3, 0.4) is 0 Å². The van der Waals surface area contributed by atoms with Gasteiger partial charge in [0.25, 0.3) is 0 Å². The predicted octanol–water partition coefficient (Wildman–Crippen LogP) is 0.955. The standard InChI is InChI=1S/C16H22F2N4O3/c1-11(23)19-9-13-10-22(16(24)25-13)12-2-3-15(14(17)8-12)20-4-6-21(18)7-5-20/h2-3,12-13H,4-10H2,1H3,(H,19,23)/t12?,13-/m0/s1. The highest BCUT2D eigenvalue weighted by Gasteiger charge is 2.37. The fourth-order valence-corrected chi connectivity index (χ4v) is 3.24. The molecule has 1 unspecified atom stereocenters. The Kier molecular flexibility index (Phi) is 5.22. The van der Waals surface area contributed by atoms with Crippen LogP contribution in [0, 0.1) is 0 Å². The van der Waals surface area contributed by atoms with Gasteiger partial charge in [-0.1, -0.05) is 6.08 Å². The normalized spacial score (nSPS) is 27.7. The van der Waals surface area contributed by atoms with Gasteiger partial charge in [-0.3, -0.25) is 9.69 Å². The number of hydrogen-bond donors (Lipinski definition) is 1. The number of allylic oxidation sites excluding steroid dienone is 1. The molecule has 0 radical (unpaired) electrons. The molecular weight excluding hydrogens is 334 g/mol. The highest BCUT2D eigenvalue weighted by atomic mass is 19.2.